The molecular formula is C12H23N3O. The molecule has 0 aromatic carbocycles. The van der Waals surface area contributed by atoms with Crippen LogP contribution in [0.15, 0.2) is 0 Å². The summed E-state index contributed by atoms with van der Waals surface area (Å²) in [5.41, 5.74) is 9.14. The summed E-state index contributed by atoms with van der Waals surface area (Å²) in [6.45, 7) is 5.97. The zero-order chi connectivity index (χ0) is 12.0. The van der Waals surface area contributed by atoms with Crippen LogP contribution in [0.2, 0.25) is 0 Å². The van der Waals surface area contributed by atoms with Gasteiger partial charge in [0.05, 0.1) is 17.1 Å². The monoisotopic (exact) mass is 225 g/mol. The van der Waals surface area contributed by atoms with E-state index in [0.717, 1.165) is 50.2 Å². The van der Waals surface area contributed by atoms with E-state index in [1.165, 1.54) is 5.69 Å². The fraction of sp³-hybridized carbons (Fsp3) is 0.750. The van der Waals surface area contributed by atoms with Crippen LogP contribution in [0.4, 0.5) is 5.69 Å². The second kappa shape index (κ2) is 6.53. The maximum Gasteiger partial charge on any atom is 0.0854 e. The lowest BCUT2D eigenvalue weighted by Gasteiger charge is -2.05. The van der Waals surface area contributed by atoms with Crippen molar-refractivity contribution in [2.45, 2.75) is 46.1 Å². The van der Waals surface area contributed by atoms with Crippen LogP contribution >= 0.6 is 0 Å². The quantitative estimate of drug-likeness (QED) is 0.722. The molecule has 0 amide bonds. The summed E-state index contributed by atoms with van der Waals surface area (Å²) in [5.74, 6) is 0. The lowest BCUT2D eigenvalue weighted by atomic mass is 10.2. The summed E-state index contributed by atoms with van der Waals surface area (Å²) < 4.78 is 7.09. The molecule has 1 aromatic rings. The number of nitrogens with zero attached hydrogens (tertiary/aromatic N) is 2. The van der Waals surface area contributed by atoms with Crippen LogP contribution in [0.25, 0.3) is 0 Å². The number of rotatable bonds is 7. The van der Waals surface area contributed by atoms with E-state index in [9.17, 15) is 0 Å². The third kappa shape index (κ3) is 2.98. The predicted molar refractivity (Wildman–Crippen MR) is 66.5 cm³/mol. The van der Waals surface area contributed by atoms with Crippen LogP contribution in [-0.4, -0.2) is 23.5 Å². The van der Waals surface area contributed by atoms with E-state index in [2.05, 4.69) is 23.6 Å². The van der Waals surface area contributed by atoms with Gasteiger partial charge >= 0.3 is 0 Å². The van der Waals surface area contributed by atoms with Gasteiger partial charge in [-0.1, -0.05) is 13.8 Å². The fourth-order valence-electron chi connectivity index (χ4n) is 1.89. The van der Waals surface area contributed by atoms with E-state index in [1.54, 1.807) is 7.11 Å². The maximum absolute atomic E-state index is 6.05. The lowest BCUT2D eigenvalue weighted by molar-refractivity contribution is 0.191. The van der Waals surface area contributed by atoms with Crippen molar-refractivity contribution in [2.24, 2.45) is 0 Å². The molecule has 0 unspecified atom stereocenters. The van der Waals surface area contributed by atoms with Crippen molar-refractivity contribution in [1.82, 2.24) is 9.78 Å². The molecule has 92 valence electrons. The van der Waals surface area contributed by atoms with E-state index in [4.69, 9.17) is 10.5 Å². The number of ether oxygens (including phenoxy) is 1. The van der Waals surface area contributed by atoms with Crippen LogP contribution in [0.3, 0.4) is 0 Å². The Morgan fingerprint density at radius 2 is 2.00 bits per heavy atom. The first-order valence-electron chi connectivity index (χ1n) is 6.07. The van der Waals surface area contributed by atoms with Crippen molar-refractivity contribution in [2.75, 3.05) is 19.5 Å². The highest BCUT2D eigenvalue weighted by atomic mass is 16.5. The molecule has 4 heteroatoms. The number of nitrogens with two attached hydrogens (primary N) is 1. The maximum atomic E-state index is 6.05. The van der Waals surface area contributed by atoms with E-state index < -0.39 is 0 Å². The van der Waals surface area contributed by atoms with Crippen molar-refractivity contribution in [1.29, 1.82) is 0 Å². The molecule has 1 aromatic heterocycles. The minimum atomic E-state index is 0.818. The van der Waals surface area contributed by atoms with Crippen molar-refractivity contribution in [3.63, 3.8) is 0 Å². The molecule has 0 aliphatic carbocycles. The molecule has 0 saturated carbocycles. The molecule has 0 atom stereocenters. The number of hydrogen-bond donors (Lipinski definition) is 1. The summed E-state index contributed by atoms with van der Waals surface area (Å²) in [7, 11) is 1.73. The highest BCUT2D eigenvalue weighted by Gasteiger charge is 2.11. The second-order valence-corrected chi connectivity index (χ2v) is 3.94. The van der Waals surface area contributed by atoms with E-state index in [1.807, 2.05) is 0 Å². The minimum Gasteiger partial charge on any atom is -0.396 e. The molecule has 4 nitrogen and oxygen atoms in total. The standard InChI is InChI=1S/C12H23N3O/c1-4-10-12(13)11(5-2)15(14-10)8-6-7-9-16-3/h4-9,13H2,1-3H3. The van der Waals surface area contributed by atoms with Gasteiger partial charge in [0.2, 0.25) is 0 Å². The zero-order valence-corrected chi connectivity index (χ0v) is 10.6. The van der Waals surface area contributed by atoms with Crippen molar-refractivity contribution in [3.8, 4) is 0 Å². The number of aromatic nitrogens is 2. The second-order valence-electron chi connectivity index (χ2n) is 3.94. The Kier molecular flexibility index (Phi) is 5.32. The Bertz CT molecular complexity index is 320. The van der Waals surface area contributed by atoms with Gasteiger partial charge in [0.25, 0.3) is 0 Å². The first-order chi connectivity index (χ1) is 7.74. The topological polar surface area (TPSA) is 53.1 Å². The molecule has 1 heterocycles. The molecular weight excluding hydrogens is 202 g/mol. The third-order valence-corrected chi connectivity index (χ3v) is 2.81. The van der Waals surface area contributed by atoms with Crippen LogP contribution in [-0.2, 0) is 24.1 Å². The molecule has 0 spiro atoms. The first-order valence-corrected chi connectivity index (χ1v) is 6.07. The van der Waals surface area contributed by atoms with Crippen LogP contribution in [0, 0.1) is 0 Å². The Hall–Kier alpha value is -1.03. The van der Waals surface area contributed by atoms with Crippen molar-refractivity contribution in [3.05, 3.63) is 11.4 Å². The van der Waals surface area contributed by atoms with Gasteiger partial charge in [-0.25, -0.2) is 0 Å². The Morgan fingerprint density at radius 3 is 2.56 bits per heavy atom. The van der Waals surface area contributed by atoms with Gasteiger partial charge in [0.15, 0.2) is 0 Å². The predicted octanol–water partition coefficient (Wildman–Crippen LogP) is 2.02. The number of anilines is 1. The largest absolute Gasteiger partial charge is 0.396 e. The third-order valence-electron chi connectivity index (χ3n) is 2.81. The molecule has 0 radical (unpaired) electrons. The van der Waals surface area contributed by atoms with E-state index in [-0.39, 0.29) is 0 Å². The van der Waals surface area contributed by atoms with E-state index >= 15 is 0 Å². The highest BCUT2D eigenvalue weighted by Crippen LogP contribution is 2.18. The SMILES string of the molecule is CCc1nn(CCCCOC)c(CC)c1N. The molecule has 0 bridgehead atoms. The minimum absolute atomic E-state index is 0.818. The molecule has 0 fully saturated rings. The van der Waals surface area contributed by atoms with Gasteiger partial charge in [-0.3, -0.25) is 4.68 Å². The van der Waals surface area contributed by atoms with Gasteiger partial charge < -0.3 is 10.5 Å². The van der Waals surface area contributed by atoms with Gasteiger partial charge in [-0.2, -0.15) is 5.10 Å². The normalized spacial score (nSPS) is 10.9. The molecule has 1 rings (SSSR count). The van der Waals surface area contributed by atoms with Crippen LogP contribution in [0.5, 0.6) is 0 Å². The average Bonchev–Trinajstić information content (AvgIpc) is 2.60. The molecule has 0 aliphatic heterocycles. The fourth-order valence-corrected chi connectivity index (χ4v) is 1.89. The van der Waals surface area contributed by atoms with Crippen LogP contribution < -0.4 is 5.73 Å². The van der Waals surface area contributed by atoms with Crippen LogP contribution in [0.1, 0.15) is 38.1 Å². The van der Waals surface area contributed by atoms with Gasteiger partial charge in [0, 0.05) is 20.3 Å². The first kappa shape index (κ1) is 13.0. The zero-order valence-electron chi connectivity index (χ0n) is 10.6. The number of aryl methyl sites for hydroxylation is 2. The number of methoxy groups -OCH3 is 1. The summed E-state index contributed by atoms with van der Waals surface area (Å²) in [6, 6.07) is 0. The molecule has 0 aliphatic rings. The van der Waals surface area contributed by atoms with Gasteiger partial charge in [-0.05, 0) is 25.7 Å². The average molecular weight is 225 g/mol. The summed E-state index contributed by atoms with van der Waals surface area (Å²) in [4.78, 5) is 0. The summed E-state index contributed by atoms with van der Waals surface area (Å²) >= 11 is 0. The number of hydrogen-bond acceptors (Lipinski definition) is 3. The number of nitrogen functional groups attached to an aromatic ring is 1. The van der Waals surface area contributed by atoms with Crippen molar-refractivity contribution >= 4 is 5.69 Å². The summed E-state index contributed by atoms with van der Waals surface area (Å²) in [6.07, 6.45) is 4.01. The van der Waals surface area contributed by atoms with Gasteiger partial charge in [0.1, 0.15) is 0 Å². The highest BCUT2D eigenvalue weighted by molar-refractivity contribution is 5.48. The lowest BCUT2D eigenvalue weighted by Crippen LogP contribution is -2.06. The molecule has 2 N–H and O–H groups in total. The van der Waals surface area contributed by atoms with Gasteiger partial charge in [-0.15, -0.1) is 0 Å². The Balaban J connectivity index is 2.64. The van der Waals surface area contributed by atoms with Crippen molar-refractivity contribution < 1.29 is 4.74 Å². The Labute approximate surface area is 97.8 Å². The van der Waals surface area contributed by atoms with E-state index in [0.29, 0.717) is 0 Å². The molecule has 16 heavy (non-hydrogen) atoms. The smallest absolute Gasteiger partial charge is 0.0854 e. The number of unbranched alkanes of at least 4 members (excludes halogenated alkanes) is 1. The Morgan fingerprint density at radius 1 is 1.25 bits per heavy atom. The summed E-state index contributed by atoms with van der Waals surface area (Å²) in [5, 5.41) is 4.55. The molecule has 0 saturated heterocycles.